The minimum atomic E-state index is -3.90. The Morgan fingerprint density at radius 2 is 2.17 bits per heavy atom. The first-order valence-electron chi connectivity index (χ1n) is 7.40. The van der Waals surface area contributed by atoms with Gasteiger partial charge in [0.1, 0.15) is 5.82 Å². The first-order valence-corrected chi connectivity index (χ1v) is 9.26. The highest BCUT2D eigenvalue weighted by molar-refractivity contribution is 7.89. The quantitative estimate of drug-likeness (QED) is 0.839. The Morgan fingerprint density at radius 3 is 2.71 bits per heavy atom. The number of benzene rings is 1. The molecule has 6 nitrogen and oxygen atoms in total. The van der Waals surface area contributed by atoms with Gasteiger partial charge < -0.3 is 5.11 Å². The number of aliphatic hydroxyl groups excluding tert-OH is 1. The molecule has 1 aliphatic carbocycles. The smallest absolute Gasteiger partial charge is 0.241 e. The second-order valence-corrected chi connectivity index (χ2v) is 8.13. The van der Waals surface area contributed by atoms with E-state index >= 15 is 0 Å². The molecular formula is C15H17ClFN3O3S. The van der Waals surface area contributed by atoms with Crippen molar-refractivity contribution >= 4 is 21.6 Å². The van der Waals surface area contributed by atoms with E-state index in [0.29, 0.717) is 18.4 Å². The molecule has 0 amide bonds. The molecular weight excluding hydrogens is 357 g/mol. The fourth-order valence-corrected chi connectivity index (χ4v) is 4.38. The largest absolute Gasteiger partial charge is 0.393 e. The minimum Gasteiger partial charge on any atom is -0.393 e. The van der Waals surface area contributed by atoms with Crippen LogP contribution in [0.2, 0.25) is 5.02 Å². The van der Waals surface area contributed by atoms with E-state index in [-0.39, 0.29) is 15.8 Å². The fraction of sp³-hybridized carbons (Fsp3) is 0.400. The summed E-state index contributed by atoms with van der Waals surface area (Å²) in [5, 5.41) is 13.4. The Morgan fingerprint density at radius 1 is 1.46 bits per heavy atom. The molecule has 9 heteroatoms. The molecule has 1 fully saturated rings. The third-order valence-corrected chi connectivity index (χ3v) is 5.92. The molecule has 1 aromatic carbocycles. The first-order chi connectivity index (χ1) is 11.3. The average Bonchev–Trinajstić information content (AvgIpc) is 2.91. The standard InChI is InChI=1S/C15H17ClFN3O3S/c1-20-8-10(7-18-20)15(9-4-11(21)5-9)19-24(22,23)12-2-3-14(17)13(16)6-12/h2-3,6-9,11,15,19,21H,4-5H2,1H3. The summed E-state index contributed by atoms with van der Waals surface area (Å²) in [5.74, 6) is -0.712. The van der Waals surface area contributed by atoms with Crippen LogP contribution in [0, 0.1) is 11.7 Å². The van der Waals surface area contributed by atoms with Gasteiger partial charge in [-0.05, 0) is 37.0 Å². The number of aryl methyl sites for hydroxylation is 1. The molecule has 1 atom stereocenters. The minimum absolute atomic E-state index is 0.0325. The van der Waals surface area contributed by atoms with Gasteiger partial charge in [0.2, 0.25) is 10.0 Å². The Balaban J connectivity index is 1.89. The number of aromatic nitrogens is 2. The van der Waals surface area contributed by atoms with Crippen molar-refractivity contribution in [3.8, 4) is 0 Å². The van der Waals surface area contributed by atoms with Crippen molar-refractivity contribution in [3.63, 3.8) is 0 Å². The Bertz CT molecular complexity index is 849. The van der Waals surface area contributed by atoms with Gasteiger partial charge in [-0.25, -0.2) is 17.5 Å². The van der Waals surface area contributed by atoms with E-state index in [0.717, 1.165) is 12.1 Å². The summed E-state index contributed by atoms with van der Waals surface area (Å²) >= 11 is 5.68. The summed E-state index contributed by atoms with van der Waals surface area (Å²) in [5.41, 5.74) is 0.714. The van der Waals surface area contributed by atoms with E-state index in [2.05, 4.69) is 9.82 Å². The third-order valence-electron chi connectivity index (χ3n) is 4.19. The molecule has 1 unspecified atom stereocenters. The molecule has 1 aliphatic rings. The number of hydrogen-bond acceptors (Lipinski definition) is 4. The van der Waals surface area contributed by atoms with Gasteiger partial charge in [0.05, 0.1) is 28.3 Å². The van der Waals surface area contributed by atoms with Crippen LogP contribution in [0.3, 0.4) is 0 Å². The molecule has 0 saturated heterocycles. The van der Waals surface area contributed by atoms with Crippen LogP contribution in [-0.4, -0.2) is 29.4 Å². The lowest BCUT2D eigenvalue weighted by molar-refractivity contribution is 0.0280. The molecule has 24 heavy (non-hydrogen) atoms. The Hall–Kier alpha value is -1.48. The molecule has 2 N–H and O–H groups in total. The van der Waals surface area contributed by atoms with Gasteiger partial charge in [0.15, 0.2) is 0 Å². The lowest BCUT2D eigenvalue weighted by Gasteiger charge is -2.37. The molecule has 3 rings (SSSR count). The summed E-state index contributed by atoms with van der Waals surface area (Å²) in [6.45, 7) is 0. The monoisotopic (exact) mass is 373 g/mol. The summed E-state index contributed by atoms with van der Waals surface area (Å²) < 4.78 is 42.7. The van der Waals surface area contributed by atoms with E-state index < -0.39 is 28.0 Å². The summed E-state index contributed by atoms with van der Waals surface area (Å²) in [4.78, 5) is -0.109. The van der Waals surface area contributed by atoms with Crippen LogP contribution >= 0.6 is 11.6 Å². The molecule has 0 bridgehead atoms. The van der Waals surface area contributed by atoms with Gasteiger partial charge in [-0.1, -0.05) is 11.6 Å². The fourth-order valence-electron chi connectivity index (χ4n) is 2.82. The van der Waals surface area contributed by atoms with Crippen LogP contribution in [-0.2, 0) is 17.1 Å². The lowest BCUT2D eigenvalue weighted by Crippen LogP contribution is -2.41. The van der Waals surface area contributed by atoms with Crippen molar-refractivity contribution < 1.29 is 17.9 Å². The maximum atomic E-state index is 13.3. The highest BCUT2D eigenvalue weighted by atomic mass is 35.5. The topological polar surface area (TPSA) is 84.2 Å². The molecule has 0 aliphatic heterocycles. The second-order valence-electron chi connectivity index (χ2n) is 6.01. The summed E-state index contributed by atoms with van der Waals surface area (Å²) in [6, 6.07) is 2.74. The van der Waals surface area contributed by atoms with Gasteiger partial charge in [0.25, 0.3) is 0 Å². The van der Waals surface area contributed by atoms with Crippen molar-refractivity contribution in [1.29, 1.82) is 0 Å². The van der Waals surface area contributed by atoms with Crippen LogP contribution in [0.15, 0.2) is 35.5 Å². The van der Waals surface area contributed by atoms with E-state index in [9.17, 15) is 17.9 Å². The molecule has 1 saturated carbocycles. The second kappa shape index (κ2) is 6.44. The van der Waals surface area contributed by atoms with Crippen LogP contribution in [0.4, 0.5) is 4.39 Å². The van der Waals surface area contributed by atoms with E-state index in [1.54, 1.807) is 24.1 Å². The highest BCUT2D eigenvalue weighted by Gasteiger charge is 2.37. The van der Waals surface area contributed by atoms with Crippen LogP contribution in [0.5, 0.6) is 0 Å². The molecule has 0 radical (unpaired) electrons. The number of halogens is 2. The van der Waals surface area contributed by atoms with Crippen molar-refractivity contribution in [1.82, 2.24) is 14.5 Å². The van der Waals surface area contributed by atoms with Gasteiger partial charge >= 0.3 is 0 Å². The summed E-state index contributed by atoms with van der Waals surface area (Å²) in [6.07, 6.45) is 3.92. The molecule has 130 valence electrons. The van der Waals surface area contributed by atoms with Crippen LogP contribution < -0.4 is 4.72 Å². The number of rotatable bonds is 5. The third kappa shape index (κ3) is 3.46. The number of nitrogens with zero attached hydrogens (tertiary/aromatic N) is 2. The number of aliphatic hydroxyl groups is 1. The zero-order valence-electron chi connectivity index (χ0n) is 12.9. The maximum Gasteiger partial charge on any atom is 0.241 e. The predicted molar refractivity (Wildman–Crippen MR) is 86.4 cm³/mol. The Kier molecular flexibility index (Phi) is 4.65. The SMILES string of the molecule is Cn1cc(C(NS(=O)(=O)c2ccc(F)c(Cl)c2)C2CC(O)C2)cn1. The zero-order chi connectivity index (χ0) is 17.5. The van der Waals surface area contributed by atoms with Crippen LogP contribution in [0.1, 0.15) is 24.4 Å². The van der Waals surface area contributed by atoms with Crippen molar-refractivity contribution in [3.05, 3.63) is 47.0 Å². The first kappa shape index (κ1) is 17.3. The molecule has 2 aromatic rings. The van der Waals surface area contributed by atoms with Crippen LogP contribution in [0.25, 0.3) is 0 Å². The number of sulfonamides is 1. The number of hydrogen-bond donors (Lipinski definition) is 2. The van der Waals surface area contributed by atoms with Gasteiger partial charge in [-0.2, -0.15) is 5.10 Å². The number of nitrogens with one attached hydrogen (secondary N) is 1. The van der Waals surface area contributed by atoms with Gasteiger partial charge in [0, 0.05) is 18.8 Å². The van der Waals surface area contributed by atoms with Gasteiger partial charge in [-0.3, -0.25) is 4.68 Å². The van der Waals surface area contributed by atoms with Crippen molar-refractivity contribution in [2.24, 2.45) is 13.0 Å². The normalized spacial score (nSPS) is 22.2. The van der Waals surface area contributed by atoms with E-state index in [1.807, 2.05) is 0 Å². The van der Waals surface area contributed by atoms with Crippen molar-refractivity contribution in [2.75, 3.05) is 0 Å². The predicted octanol–water partition coefficient (Wildman–Crippen LogP) is 2.00. The van der Waals surface area contributed by atoms with Crippen molar-refractivity contribution in [2.45, 2.75) is 29.9 Å². The lowest BCUT2D eigenvalue weighted by atomic mass is 9.76. The average molecular weight is 374 g/mol. The molecule has 1 aromatic heterocycles. The summed E-state index contributed by atoms with van der Waals surface area (Å²) in [7, 11) is -2.16. The molecule has 1 heterocycles. The Labute approximate surface area is 144 Å². The molecule has 0 spiro atoms. The zero-order valence-corrected chi connectivity index (χ0v) is 14.4. The van der Waals surface area contributed by atoms with E-state index in [4.69, 9.17) is 11.6 Å². The maximum absolute atomic E-state index is 13.3. The van der Waals surface area contributed by atoms with Gasteiger partial charge in [-0.15, -0.1) is 0 Å². The van der Waals surface area contributed by atoms with E-state index in [1.165, 1.54) is 6.07 Å². The highest BCUT2D eigenvalue weighted by Crippen LogP contribution is 2.38.